The van der Waals surface area contributed by atoms with Crippen molar-refractivity contribution >= 4 is 0 Å². The van der Waals surface area contributed by atoms with E-state index >= 15 is 0 Å². The molecule has 0 aliphatic carbocycles. The van der Waals surface area contributed by atoms with Gasteiger partial charge in [0.25, 0.3) is 0 Å². The zero-order valence-corrected chi connectivity index (χ0v) is 4.45. The Hall–Kier alpha value is -0.401. The Morgan fingerprint density at radius 1 is 1.00 bits per heavy atom. The van der Waals surface area contributed by atoms with Gasteiger partial charge in [-0.3, -0.25) is 0 Å². The first-order valence-corrected chi connectivity index (χ1v) is 1.70. The van der Waals surface area contributed by atoms with E-state index in [-0.39, 0.29) is 17.1 Å². The fraction of sp³-hybridized carbons (Fsp3) is 0. The number of rotatable bonds is 0. The molecule has 0 spiro atoms. The van der Waals surface area contributed by atoms with Gasteiger partial charge in [0.2, 0.25) is 0 Å². The predicted octanol–water partition coefficient (Wildman–Crippen LogP) is 0.474. The van der Waals surface area contributed by atoms with E-state index in [1.807, 2.05) is 0 Å². The van der Waals surface area contributed by atoms with Crippen LogP contribution in [0.3, 0.4) is 0 Å². The molecular formula is C4H4CuN2. The normalized spacial score (nSPS) is 6.86. The van der Waals surface area contributed by atoms with Crippen LogP contribution in [0.25, 0.3) is 0 Å². The topological polar surface area (TPSA) is 25.8 Å². The zero-order valence-electron chi connectivity index (χ0n) is 3.51. The Kier molecular flexibility index (Phi) is 3.56. The van der Waals surface area contributed by atoms with Gasteiger partial charge in [0.1, 0.15) is 6.33 Å². The summed E-state index contributed by atoms with van der Waals surface area (Å²) in [4.78, 5) is 7.35. The fourth-order valence-electron chi connectivity index (χ4n) is 0.253. The zero-order chi connectivity index (χ0) is 4.24. The van der Waals surface area contributed by atoms with E-state index in [0.717, 1.165) is 0 Å². The summed E-state index contributed by atoms with van der Waals surface area (Å²) >= 11 is 0. The SMILES string of the molecule is [Cu].c1cncnc1. The molecule has 1 rings (SSSR count). The molecule has 2 nitrogen and oxygen atoms in total. The summed E-state index contributed by atoms with van der Waals surface area (Å²) in [5.41, 5.74) is 0. The predicted molar refractivity (Wildman–Crippen MR) is 22.0 cm³/mol. The molecule has 0 fully saturated rings. The molecule has 0 saturated heterocycles. The summed E-state index contributed by atoms with van der Waals surface area (Å²) in [6.45, 7) is 0. The monoisotopic (exact) mass is 143 g/mol. The molecular weight excluding hydrogens is 140 g/mol. The Morgan fingerprint density at radius 3 is 1.71 bits per heavy atom. The Labute approximate surface area is 52.5 Å². The Bertz CT molecular complexity index is 81.6. The summed E-state index contributed by atoms with van der Waals surface area (Å²) in [6, 6.07) is 1.78. The van der Waals surface area contributed by atoms with Crippen LogP contribution in [0, 0.1) is 0 Å². The third-order valence-corrected chi connectivity index (χ3v) is 0.478. The van der Waals surface area contributed by atoms with Crippen molar-refractivity contribution in [2.24, 2.45) is 0 Å². The van der Waals surface area contributed by atoms with Crippen molar-refractivity contribution in [2.45, 2.75) is 0 Å². The summed E-state index contributed by atoms with van der Waals surface area (Å²) in [7, 11) is 0. The molecule has 7 heavy (non-hydrogen) atoms. The van der Waals surface area contributed by atoms with Crippen LogP contribution < -0.4 is 0 Å². The number of hydrogen-bond donors (Lipinski definition) is 0. The second kappa shape index (κ2) is 3.78. The van der Waals surface area contributed by atoms with Crippen LogP contribution in [-0.4, -0.2) is 9.97 Å². The van der Waals surface area contributed by atoms with E-state index < -0.39 is 0 Å². The summed E-state index contributed by atoms with van der Waals surface area (Å²) in [6.07, 6.45) is 4.88. The van der Waals surface area contributed by atoms with Crippen molar-refractivity contribution in [3.63, 3.8) is 0 Å². The van der Waals surface area contributed by atoms with Crippen molar-refractivity contribution in [1.82, 2.24) is 9.97 Å². The molecule has 1 aromatic rings. The van der Waals surface area contributed by atoms with E-state index in [4.69, 9.17) is 0 Å². The van der Waals surface area contributed by atoms with Gasteiger partial charge >= 0.3 is 0 Å². The van der Waals surface area contributed by atoms with Gasteiger partial charge in [-0.15, -0.1) is 0 Å². The van der Waals surface area contributed by atoms with Gasteiger partial charge in [0, 0.05) is 29.5 Å². The molecule has 0 bridgehead atoms. The standard InChI is InChI=1S/C4H4N2.Cu/c1-2-5-4-6-3-1;/h1-4H;. The van der Waals surface area contributed by atoms with Crippen LogP contribution in [0.15, 0.2) is 24.8 Å². The molecule has 3 heteroatoms. The summed E-state index contributed by atoms with van der Waals surface area (Å²) in [5, 5.41) is 0. The minimum absolute atomic E-state index is 0. The molecule has 0 N–H and O–H groups in total. The maximum atomic E-state index is 3.67. The van der Waals surface area contributed by atoms with Crippen molar-refractivity contribution < 1.29 is 17.1 Å². The minimum Gasteiger partial charge on any atom is -0.245 e. The Balaban J connectivity index is 0.000000360. The summed E-state index contributed by atoms with van der Waals surface area (Å²) < 4.78 is 0. The van der Waals surface area contributed by atoms with Crippen LogP contribution in [0.2, 0.25) is 0 Å². The van der Waals surface area contributed by atoms with Crippen LogP contribution in [0.5, 0.6) is 0 Å². The van der Waals surface area contributed by atoms with Crippen molar-refractivity contribution in [3.8, 4) is 0 Å². The fourth-order valence-corrected chi connectivity index (χ4v) is 0.253. The van der Waals surface area contributed by atoms with Crippen LogP contribution in [-0.2, 0) is 17.1 Å². The third-order valence-electron chi connectivity index (χ3n) is 0.478. The smallest absolute Gasteiger partial charge is 0.115 e. The van der Waals surface area contributed by atoms with Crippen molar-refractivity contribution in [3.05, 3.63) is 24.8 Å². The van der Waals surface area contributed by atoms with Gasteiger partial charge in [-0.1, -0.05) is 0 Å². The largest absolute Gasteiger partial charge is 0.245 e. The molecule has 1 aromatic heterocycles. The molecule has 0 aliphatic rings. The van der Waals surface area contributed by atoms with Crippen molar-refractivity contribution in [1.29, 1.82) is 0 Å². The van der Waals surface area contributed by atoms with Gasteiger partial charge in [-0.05, 0) is 6.07 Å². The van der Waals surface area contributed by atoms with Crippen molar-refractivity contribution in [2.75, 3.05) is 0 Å². The second-order valence-electron chi connectivity index (χ2n) is 0.904. The molecule has 0 saturated carbocycles. The van der Waals surface area contributed by atoms with Gasteiger partial charge < -0.3 is 0 Å². The second-order valence-corrected chi connectivity index (χ2v) is 0.904. The third kappa shape index (κ3) is 2.31. The molecule has 41 valence electrons. The molecule has 1 radical (unpaired) electrons. The molecule has 0 unspecified atom stereocenters. The Morgan fingerprint density at radius 2 is 1.57 bits per heavy atom. The van der Waals surface area contributed by atoms with Crippen LogP contribution in [0.4, 0.5) is 0 Å². The first-order valence-electron chi connectivity index (χ1n) is 1.70. The number of aromatic nitrogens is 2. The molecule has 0 aromatic carbocycles. The molecule has 1 heterocycles. The average molecular weight is 144 g/mol. The van der Waals surface area contributed by atoms with Gasteiger partial charge in [0.05, 0.1) is 0 Å². The van der Waals surface area contributed by atoms with Crippen LogP contribution in [0.1, 0.15) is 0 Å². The molecule has 0 aliphatic heterocycles. The maximum absolute atomic E-state index is 3.67. The van der Waals surface area contributed by atoms with E-state index in [0.29, 0.717) is 0 Å². The minimum atomic E-state index is 0. The maximum Gasteiger partial charge on any atom is 0.115 e. The van der Waals surface area contributed by atoms with E-state index in [1.165, 1.54) is 6.33 Å². The molecule has 0 amide bonds. The van der Waals surface area contributed by atoms with E-state index in [1.54, 1.807) is 18.5 Å². The first kappa shape index (κ1) is 6.60. The number of nitrogens with zero attached hydrogens (tertiary/aromatic N) is 2. The van der Waals surface area contributed by atoms with Gasteiger partial charge in [-0.2, -0.15) is 0 Å². The quantitative estimate of drug-likeness (QED) is 0.494. The average Bonchev–Trinajstić information content (AvgIpc) is 1.72. The van der Waals surface area contributed by atoms with Gasteiger partial charge in [-0.25, -0.2) is 9.97 Å². The first-order chi connectivity index (χ1) is 3.00. The van der Waals surface area contributed by atoms with Gasteiger partial charge in [0.15, 0.2) is 0 Å². The molecule has 0 atom stereocenters. The van der Waals surface area contributed by atoms with E-state index in [9.17, 15) is 0 Å². The number of hydrogen-bond acceptors (Lipinski definition) is 2. The van der Waals surface area contributed by atoms with E-state index in [2.05, 4.69) is 9.97 Å². The summed E-state index contributed by atoms with van der Waals surface area (Å²) in [5.74, 6) is 0. The van der Waals surface area contributed by atoms with Crippen LogP contribution >= 0.6 is 0 Å².